The van der Waals surface area contributed by atoms with Gasteiger partial charge in [0.25, 0.3) is 5.91 Å². The smallest absolute Gasteiger partial charge is 0.298 e. The largest absolute Gasteiger partial charge is 0.457 e. The zero-order valence-electron chi connectivity index (χ0n) is 14.8. The molecule has 0 radical (unpaired) electrons. The van der Waals surface area contributed by atoms with Crippen LogP contribution in [0.2, 0.25) is 0 Å². The number of nitrogens with zero attached hydrogens (tertiary/aromatic N) is 1. The van der Waals surface area contributed by atoms with Gasteiger partial charge in [-0.05, 0) is 62.1 Å². The van der Waals surface area contributed by atoms with Crippen LogP contribution in [0.5, 0.6) is 11.5 Å². The van der Waals surface area contributed by atoms with Gasteiger partial charge in [0.05, 0.1) is 0 Å². The van der Waals surface area contributed by atoms with Crippen molar-refractivity contribution in [1.82, 2.24) is 4.90 Å². The number of amides is 1. The van der Waals surface area contributed by atoms with Crippen LogP contribution >= 0.6 is 0 Å². The second-order valence-corrected chi connectivity index (χ2v) is 6.27. The molecular formula is C22H21NO3. The summed E-state index contributed by atoms with van der Waals surface area (Å²) >= 11 is 0. The first kappa shape index (κ1) is 17.8. The number of carbonyl (C=O) groups is 2. The summed E-state index contributed by atoms with van der Waals surface area (Å²) < 4.78 is 5.75. The predicted molar refractivity (Wildman–Crippen MR) is 100 cm³/mol. The SMILES string of the molecule is CC#CC(=O)N1CCC[C@H](C(=O)c2ccc(Oc3ccccc3)cc2)C1. The third-order valence-corrected chi connectivity index (χ3v) is 4.43. The van der Waals surface area contributed by atoms with E-state index >= 15 is 0 Å². The molecule has 0 spiro atoms. The van der Waals surface area contributed by atoms with Gasteiger partial charge < -0.3 is 9.64 Å². The average molecular weight is 347 g/mol. The molecule has 1 atom stereocenters. The van der Waals surface area contributed by atoms with Gasteiger partial charge in [-0.2, -0.15) is 0 Å². The van der Waals surface area contributed by atoms with Gasteiger partial charge in [-0.3, -0.25) is 9.59 Å². The molecule has 2 aromatic carbocycles. The number of hydrogen-bond acceptors (Lipinski definition) is 3. The number of likely N-dealkylation sites (tertiary alicyclic amines) is 1. The fourth-order valence-electron chi connectivity index (χ4n) is 3.11. The molecule has 26 heavy (non-hydrogen) atoms. The molecule has 2 aromatic rings. The van der Waals surface area contributed by atoms with Crippen LogP contribution < -0.4 is 4.74 Å². The van der Waals surface area contributed by atoms with E-state index in [-0.39, 0.29) is 17.6 Å². The molecule has 0 saturated carbocycles. The van der Waals surface area contributed by atoms with Crippen LogP contribution in [0.1, 0.15) is 30.1 Å². The van der Waals surface area contributed by atoms with Crippen molar-refractivity contribution < 1.29 is 14.3 Å². The summed E-state index contributed by atoms with van der Waals surface area (Å²) in [6, 6.07) is 16.7. The first-order valence-corrected chi connectivity index (χ1v) is 8.76. The molecule has 0 unspecified atom stereocenters. The molecule has 3 rings (SSSR count). The topological polar surface area (TPSA) is 46.6 Å². The molecule has 132 valence electrons. The van der Waals surface area contributed by atoms with Crippen molar-refractivity contribution in [3.05, 3.63) is 60.2 Å². The maximum atomic E-state index is 12.8. The third kappa shape index (κ3) is 4.31. The van der Waals surface area contributed by atoms with Crippen molar-refractivity contribution >= 4 is 11.7 Å². The van der Waals surface area contributed by atoms with Crippen LogP contribution in [0.3, 0.4) is 0 Å². The quantitative estimate of drug-likeness (QED) is 0.622. The van der Waals surface area contributed by atoms with E-state index in [1.165, 1.54) is 0 Å². The lowest BCUT2D eigenvalue weighted by molar-refractivity contribution is -0.126. The van der Waals surface area contributed by atoms with Crippen LogP contribution in [0.4, 0.5) is 0 Å². The minimum atomic E-state index is -0.198. The Morgan fingerprint density at radius 1 is 1.04 bits per heavy atom. The zero-order chi connectivity index (χ0) is 18.4. The van der Waals surface area contributed by atoms with E-state index in [1.807, 2.05) is 30.3 Å². The highest BCUT2D eigenvalue weighted by atomic mass is 16.5. The van der Waals surface area contributed by atoms with E-state index in [0.29, 0.717) is 24.4 Å². The van der Waals surface area contributed by atoms with Crippen molar-refractivity contribution in [2.24, 2.45) is 5.92 Å². The van der Waals surface area contributed by atoms with Gasteiger partial charge in [0.2, 0.25) is 0 Å². The van der Waals surface area contributed by atoms with E-state index in [0.717, 1.165) is 18.6 Å². The average Bonchev–Trinajstić information content (AvgIpc) is 2.69. The summed E-state index contributed by atoms with van der Waals surface area (Å²) in [5.74, 6) is 6.32. The minimum Gasteiger partial charge on any atom is -0.457 e. The number of Topliss-reactive ketones (excluding diaryl/α,β-unsaturated/α-hetero) is 1. The Balaban J connectivity index is 1.65. The lowest BCUT2D eigenvalue weighted by atomic mass is 9.90. The Kier molecular flexibility index (Phi) is 5.70. The van der Waals surface area contributed by atoms with Crippen LogP contribution in [0.15, 0.2) is 54.6 Å². The molecule has 0 aliphatic carbocycles. The molecule has 1 heterocycles. The molecule has 1 aliphatic heterocycles. The Hall–Kier alpha value is -3.06. The van der Waals surface area contributed by atoms with Gasteiger partial charge in [-0.1, -0.05) is 24.1 Å². The van der Waals surface area contributed by atoms with Crippen molar-refractivity contribution in [3.63, 3.8) is 0 Å². The van der Waals surface area contributed by atoms with Gasteiger partial charge in [0.15, 0.2) is 5.78 Å². The molecule has 0 bridgehead atoms. The normalized spacial score (nSPS) is 16.3. The van der Waals surface area contributed by atoms with E-state index in [2.05, 4.69) is 11.8 Å². The van der Waals surface area contributed by atoms with Crippen LogP contribution in [-0.4, -0.2) is 29.7 Å². The van der Waals surface area contributed by atoms with E-state index in [9.17, 15) is 9.59 Å². The number of hydrogen-bond donors (Lipinski definition) is 0. The summed E-state index contributed by atoms with van der Waals surface area (Å²) in [7, 11) is 0. The van der Waals surface area contributed by atoms with Crippen molar-refractivity contribution in [2.45, 2.75) is 19.8 Å². The van der Waals surface area contributed by atoms with Crippen molar-refractivity contribution in [3.8, 4) is 23.3 Å². The summed E-state index contributed by atoms with van der Waals surface area (Å²) in [5.41, 5.74) is 0.645. The highest BCUT2D eigenvalue weighted by molar-refractivity contribution is 5.99. The zero-order valence-corrected chi connectivity index (χ0v) is 14.8. The number of rotatable bonds is 4. The minimum absolute atomic E-state index is 0.0678. The molecule has 4 heteroatoms. The van der Waals surface area contributed by atoms with Crippen molar-refractivity contribution in [2.75, 3.05) is 13.1 Å². The first-order chi connectivity index (χ1) is 12.7. The van der Waals surface area contributed by atoms with Crippen molar-refractivity contribution in [1.29, 1.82) is 0 Å². The molecule has 1 amide bonds. The van der Waals surface area contributed by atoms with Crippen LogP contribution in [-0.2, 0) is 4.79 Å². The number of benzene rings is 2. The first-order valence-electron chi connectivity index (χ1n) is 8.76. The van der Waals surface area contributed by atoms with Crippen LogP contribution in [0, 0.1) is 17.8 Å². The summed E-state index contributed by atoms with van der Waals surface area (Å²) in [5, 5.41) is 0. The fraction of sp³-hybridized carbons (Fsp3) is 0.273. The van der Waals surface area contributed by atoms with E-state index in [1.54, 1.807) is 36.1 Å². The molecule has 0 N–H and O–H groups in total. The van der Waals surface area contributed by atoms with Gasteiger partial charge in [0, 0.05) is 24.6 Å². The number of carbonyl (C=O) groups excluding carboxylic acids is 2. The summed E-state index contributed by atoms with van der Waals surface area (Å²) in [6.07, 6.45) is 1.62. The standard InChI is InChI=1S/C22H21NO3/c1-2-7-21(24)23-15-6-8-18(16-23)22(25)17-11-13-20(14-12-17)26-19-9-4-3-5-10-19/h3-5,9-14,18H,6,8,15-16H2,1H3/t18-/m0/s1. The maximum Gasteiger partial charge on any atom is 0.298 e. The molecular weight excluding hydrogens is 326 g/mol. The number of para-hydroxylation sites is 1. The second kappa shape index (κ2) is 8.35. The Morgan fingerprint density at radius 3 is 2.42 bits per heavy atom. The highest BCUT2D eigenvalue weighted by Crippen LogP contribution is 2.24. The monoisotopic (exact) mass is 347 g/mol. The van der Waals surface area contributed by atoms with E-state index in [4.69, 9.17) is 4.74 Å². The molecule has 1 fully saturated rings. The second-order valence-electron chi connectivity index (χ2n) is 6.27. The summed E-state index contributed by atoms with van der Waals surface area (Å²) in [6.45, 7) is 2.75. The lowest BCUT2D eigenvalue weighted by Crippen LogP contribution is -2.41. The molecule has 0 aromatic heterocycles. The van der Waals surface area contributed by atoms with Crippen LogP contribution in [0.25, 0.3) is 0 Å². The molecule has 1 saturated heterocycles. The van der Waals surface area contributed by atoms with Gasteiger partial charge in [-0.25, -0.2) is 0 Å². The Bertz CT molecular complexity index is 831. The maximum absolute atomic E-state index is 12.8. The van der Waals surface area contributed by atoms with Gasteiger partial charge >= 0.3 is 0 Å². The fourth-order valence-corrected chi connectivity index (χ4v) is 3.11. The number of ether oxygens (including phenoxy) is 1. The highest BCUT2D eigenvalue weighted by Gasteiger charge is 2.28. The Labute approximate surface area is 153 Å². The Morgan fingerprint density at radius 2 is 1.73 bits per heavy atom. The number of ketones is 1. The lowest BCUT2D eigenvalue weighted by Gasteiger charge is -2.30. The molecule has 4 nitrogen and oxygen atoms in total. The third-order valence-electron chi connectivity index (χ3n) is 4.43. The summed E-state index contributed by atoms with van der Waals surface area (Å²) in [4.78, 5) is 26.4. The number of piperidine rings is 1. The van der Waals surface area contributed by atoms with Gasteiger partial charge in [-0.15, -0.1) is 0 Å². The van der Waals surface area contributed by atoms with Gasteiger partial charge in [0.1, 0.15) is 11.5 Å². The van der Waals surface area contributed by atoms with E-state index < -0.39 is 0 Å². The predicted octanol–water partition coefficient (Wildman–Crippen LogP) is 3.92. The molecule has 1 aliphatic rings.